The van der Waals surface area contributed by atoms with Crippen LogP contribution in [0.1, 0.15) is 30.2 Å². The molecule has 3 rings (SSSR count). The third-order valence-electron chi connectivity index (χ3n) is 5.03. The highest BCUT2D eigenvalue weighted by Gasteiger charge is 2.15. The minimum atomic E-state index is -0.0911. The number of furan rings is 1. The molecular formula is C23H30N4O2S. The summed E-state index contributed by atoms with van der Waals surface area (Å²) in [6.07, 6.45) is 3.59. The summed E-state index contributed by atoms with van der Waals surface area (Å²) < 4.78 is 5.52. The molecule has 0 radical (unpaired) electrons. The van der Waals surface area contributed by atoms with Crippen LogP contribution in [0.2, 0.25) is 0 Å². The van der Waals surface area contributed by atoms with E-state index in [0.29, 0.717) is 23.8 Å². The molecule has 0 unspecified atom stereocenters. The Kier molecular flexibility index (Phi) is 7.65. The van der Waals surface area contributed by atoms with Crippen LogP contribution in [0, 0.1) is 0 Å². The lowest BCUT2D eigenvalue weighted by atomic mass is 10.1. The van der Waals surface area contributed by atoms with E-state index in [2.05, 4.69) is 42.3 Å². The average Bonchev–Trinajstić information content (AvgIpc) is 3.23. The summed E-state index contributed by atoms with van der Waals surface area (Å²) in [5.41, 5.74) is 2.68. The average molecular weight is 427 g/mol. The summed E-state index contributed by atoms with van der Waals surface area (Å²) in [5.74, 6) is 0.804. The molecule has 2 N–H and O–H groups in total. The van der Waals surface area contributed by atoms with Crippen LogP contribution >= 0.6 is 12.2 Å². The lowest BCUT2D eigenvalue weighted by Crippen LogP contribution is -2.40. The van der Waals surface area contributed by atoms with E-state index in [1.54, 1.807) is 6.26 Å². The predicted octanol–water partition coefficient (Wildman–Crippen LogP) is 3.51. The zero-order valence-corrected chi connectivity index (χ0v) is 18.7. The highest BCUT2D eigenvalue weighted by atomic mass is 32.1. The van der Waals surface area contributed by atoms with Crippen molar-refractivity contribution in [3.8, 4) is 0 Å². The van der Waals surface area contributed by atoms with Gasteiger partial charge in [0.1, 0.15) is 5.76 Å². The molecule has 2 aromatic heterocycles. The van der Waals surface area contributed by atoms with Crippen LogP contribution in [0.25, 0.3) is 10.9 Å². The molecule has 0 aliphatic rings. The molecular weight excluding hydrogens is 396 g/mol. The smallest absolute Gasteiger partial charge is 0.253 e. The van der Waals surface area contributed by atoms with Gasteiger partial charge in [-0.05, 0) is 87.0 Å². The predicted molar refractivity (Wildman–Crippen MR) is 126 cm³/mol. The molecule has 3 aromatic rings. The Morgan fingerprint density at radius 1 is 1.20 bits per heavy atom. The van der Waals surface area contributed by atoms with Gasteiger partial charge in [0, 0.05) is 17.6 Å². The first-order valence-electron chi connectivity index (χ1n) is 10.3. The molecule has 6 nitrogen and oxygen atoms in total. The van der Waals surface area contributed by atoms with Crippen LogP contribution in [0.4, 0.5) is 0 Å². The second-order valence-electron chi connectivity index (χ2n) is 7.72. The Balaban J connectivity index is 1.80. The molecule has 0 amide bonds. The maximum atomic E-state index is 12.7. The summed E-state index contributed by atoms with van der Waals surface area (Å²) in [7, 11) is 4.11. The number of nitrogens with zero attached hydrogens (tertiary/aromatic N) is 2. The molecule has 2 heterocycles. The van der Waals surface area contributed by atoms with Crippen LogP contribution in [0.3, 0.4) is 0 Å². The molecule has 30 heavy (non-hydrogen) atoms. The van der Waals surface area contributed by atoms with Crippen molar-refractivity contribution in [3.63, 3.8) is 0 Å². The summed E-state index contributed by atoms with van der Waals surface area (Å²) in [5, 5.41) is 4.97. The fraction of sp³-hybridized carbons (Fsp3) is 0.391. The first kappa shape index (κ1) is 22.1. The topological polar surface area (TPSA) is 64.5 Å². The van der Waals surface area contributed by atoms with E-state index in [4.69, 9.17) is 16.6 Å². The van der Waals surface area contributed by atoms with Gasteiger partial charge in [0.15, 0.2) is 5.11 Å². The molecule has 0 aliphatic carbocycles. The molecule has 1 aromatic carbocycles. The van der Waals surface area contributed by atoms with Gasteiger partial charge in [-0.3, -0.25) is 4.79 Å². The van der Waals surface area contributed by atoms with E-state index >= 15 is 0 Å². The molecule has 0 atom stereocenters. The van der Waals surface area contributed by atoms with Crippen LogP contribution in [-0.2, 0) is 19.5 Å². The zero-order chi connectivity index (χ0) is 21.5. The Morgan fingerprint density at radius 2 is 2.03 bits per heavy atom. The molecule has 7 heteroatoms. The van der Waals surface area contributed by atoms with Crippen molar-refractivity contribution >= 4 is 28.2 Å². The molecule has 0 saturated heterocycles. The van der Waals surface area contributed by atoms with Crippen LogP contribution < -0.4 is 10.9 Å². The lowest BCUT2D eigenvalue weighted by molar-refractivity contribution is 0.348. The largest absolute Gasteiger partial charge is 0.467 e. The van der Waals surface area contributed by atoms with Crippen LogP contribution in [-0.4, -0.2) is 47.1 Å². The number of H-pyrrole nitrogens is 1. The van der Waals surface area contributed by atoms with Crippen molar-refractivity contribution in [2.24, 2.45) is 0 Å². The van der Waals surface area contributed by atoms with Gasteiger partial charge in [-0.15, -0.1) is 0 Å². The number of hydrogen-bond donors (Lipinski definition) is 2. The minimum Gasteiger partial charge on any atom is -0.467 e. The second-order valence-corrected chi connectivity index (χ2v) is 8.11. The standard InChI is InChI=1S/C23H30N4O2S/c1-4-17-8-9-21-18(13-17)14-19(22(28)25-21)15-27(16-20-7-5-12-29-20)23(30)24-10-6-11-26(2)3/h5,7-9,12-14H,4,6,10-11,15-16H2,1-3H3,(H,24,30)(H,25,28). The Hall–Kier alpha value is -2.64. The fourth-order valence-electron chi connectivity index (χ4n) is 3.34. The zero-order valence-electron chi connectivity index (χ0n) is 17.9. The number of aryl methyl sites for hydroxylation is 1. The Morgan fingerprint density at radius 3 is 2.73 bits per heavy atom. The number of fused-ring (bicyclic) bond motifs is 1. The van der Waals surface area contributed by atoms with Crippen molar-refractivity contribution < 1.29 is 4.42 Å². The number of thiocarbonyl (C=S) groups is 1. The van der Waals surface area contributed by atoms with E-state index in [0.717, 1.165) is 42.6 Å². The summed E-state index contributed by atoms with van der Waals surface area (Å²) in [6, 6.07) is 11.9. The molecule has 0 saturated carbocycles. The third kappa shape index (κ3) is 5.93. The number of hydrogen-bond acceptors (Lipinski definition) is 4. The van der Waals surface area contributed by atoms with E-state index in [1.165, 1.54) is 5.56 Å². The van der Waals surface area contributed by atoms with Crippen molar-refractivity contribution in [2.45, 2.75) is 32.9 Å². The van der Waals surface area contributed by atoms with Crippen molar-refractivity contribution in [1.82, 2.24) is 20.1 Å². The summed E-state index contributed by atoms with van der Waals surface area (Å²) in [4.78, 5) is 19.8. The third-order valence-corrected chi connectivity index (χ3v) is 5.43. The van der Waals surface area contributed by atoms with E-state index in [1.807, 2.05) is 35.2 Å². The SMILES string of the molecule is CCc1ccc2[nH]c(=O)c(CN(Cc3ccco3)C(=S)NCCCN(C)C)cc2c1. The van der Waals surface area contributed by atoms with Crippen molar-refractivity contribution in [1.29, 1.82) is 0 Å². The van der Waals surface area contributed by atoms with Crippen LogP contribution in [0.5, 0.6) is 0 Å². The highest BCUT2D eigenvalue weighted by molar-refractivity contribution is 7.80. The van der Waals surface area contributed by atoms with Crippen LogP contribution in [0.15, 0.2) is 51.9 Å². The van der Waals surface area contributed by atoms with Gasteiger partial charge in [0.25, 0.3) is 5.56 Å². The summed E-state index contributed by atoms with van der Waals surface area (Å²) in [6.45, 7) is 4.79. The lowest BCUT2D eigenvalue weighted by Gasteiger charge is -2.25. The van der Waals surface area contributed by atoms with Gasteiger partial charge in [0.2, 0.25) is 0 Å². The maximum absolute atomic E-state index is 12.7. The van der Waals surface area contributed by atoms with Gasteiger partial charge in [-0.25, -0.2) is 0 Å². The number of aromatic amines is 1. The molecule has 0 spiro atoms. The number of pyridine rings is 1. The second kappa shape index (κ2) is 10.4. The van der Waals surface area contributed by atoms with Gasteiger partial charge >= 0.3 is 0 Å². The van der Waals surface area contributed by atoms with Gasteiger partial charge in [-0.2, -0.15) is 0 Å². The molecule has 0 aliphatic heterocycles. The van der Waals surface area contributed by atoms with Gasteiger partial charge < -0.3 is 24.5 Å². The quantitative estimate of drug-likeness (QED) is 0.403. The molecule has 0 bridgehead atoms. The number of nitrogens with one attached hydrogen (secondary N) is 2. The Bertz CT molecular complexity index is 1030. The van der Waals surface area contributed by atoms with Crippen molar-refractivity contribution in [3.05, 3.63) is 69.9 Å². The first-order valence-corrected chi connectivity index (χ1v) is 10.7. The highest BCUT2D eigenvalue weighted by Crippen LogP contribution is 2.16. The van der Waals surface area contributed by atoms with E-state index in [9.17, 15) is 4.79 Å². The molecule has 0 fully saturated rings. The summed E-state index contributed by atoms with van der Waals surface area (Å²) >= 11 is 5.65. The number of rotatable bonds is 9. The van der Waals surface area contributed by atoms with Gasteiger partial charge in [0.05, 0.1) is 19.4 Å². The van der Waals surface area contributed by atoms with E-state index < -0.39 is 0 Å². The molecule has 160 valence electrons. The first-order chi connectivity index (χ1) is 14.5. The fourth-order valence-corrected chi connectivity index (χ4v) is 3.57. The minimum absolute atomic E-state index is 0.0911. The number of benzene rings is 1. The monoisotopic (exact) mass is 426 g/mol. The maximum Gasteiger partial charge on any atom is 0.253 e. The Labute approximate surface area is 182 Å². The normalized spacial score (nSPS) is 11.2. The number of aromatic nitrogens is 1. The van der Waals surface area contributed by atoms with E-state index in [-0.39, 0.29) is 5.56 Å². The van der Waals surface area contributed by atoms with Crippen molar-refractivity contribution in [2.75, 3.05) is 27.2 Å². The van der Waals surface area contributed by atoms with Gasteiger partial charge in [-0.1, -0.05) is 13.0 Å².